The lowest BCUT2D eigenvalue weighted by Gasteiger charge is -2.37. The SMILES string of the molecule is CC1CN(CC2CCOCC2)CCC1Cl. The van der Waals surface area contributed by atoms with Crippen LogP contribution in [0, 0.1) is 11.8 Å². The van der Waals surface area contributed by atoms with Crippen molar-refractivity contribution in [3.63, 3.8) is 0 Å². The quantitative estimate of drug-likeness (QED) is 0.677. The Kier molecular flexibility index (Phi) is 4.30. The summed E-state index contributed by atoms with van der Waals surface area (Å²) in [4.78, 5) is 2.60. The van der Waals surface area contributed by atoms with E-state index >= 15 is 0 Å². The predicted molar refractivity (Wildman–Crippen MR) is 63.4 cm³/mol. The molecular formula is C12H22ClNO. The van der Waals surface area contributed by atoms with Crippen molar-refractivity contribution in [3.05, 3.63) is 0 Å². The summed E-state index contributed by atoms with van der Waals surface area (Å²) >= 11 is 6.23. The van der Waals surface area contributed by atoms with Crippen LogP contribution < -0.4 is 0 Å². The average Bonchev–Trinajstić information content (AvgIpc) is 2.25. The zero-order valence-corrected chi connectivity index (χ0v) is 10.4. The molecule has 2 fully saturated rings. The Hall–Kier alpha value is 0.210. The van der Waals surface area contributed by atoms with Crippen LogP contribution in [-0.2, 0) is 4.74 Å². The molecule has 0 aromatic rings. The maximum atomic E-state index is 6.23. The van der Waals surface area contributed by atoms with Crippen molar-refractivity contribution in [2.75, 3.05) is 32.8 Å². The van der Waals surface area contributed by atoms with Gasteiger partial charge < -0.3 is 9.64 Å². The molecule has 0 radical (unpaired) electrons. The fourth-order valence-corrected chi connectivity index (χ4v) is 2.84. The van der Waals surface area contributed by atoms with E-state index in [-0.39, 0.29) is 0 Å². The normalized spacial score (nSPS) is 35.6. The van der Waals surface area contributed by atoms with Gasteiger partial charge in [0.15, 0.2) is 0 Å². The number of alkyl halides is 1. The molecule has 2 aliphatic heterocycles. The highest BCUT2D eigenvalue weighted by Crippen LogP contribution is 2.24. The van der Waals surface area contributed by atoms with E-state index < -0.39 is 0 Å². The lowest BCUT2D eigenvalue weighted by molar-refractivity contribution is 0.0464. The van der Waals surface area contributed by atoms with E-state index in [0.717, 1.165) is 25.6 Å². The minimum atomic E-state index is 0.399. The topological polar surface area (TPSA) is 12.5 Å². The lowest BCUT2D eigenvalue weighted by atomic mass is 9.95. The third-order valence-corrected chi connectivity index (χ3v) is 4.39. The molecule has 0 amide bonds. The number of ether oxygens (including phenoxy) is 1. The maximum Gasteiger partial charge on any atom is 0.0469 e. The van der Waals surface area contributed by atoms with E-state index in [1.165, 1.54) is 32.5 Å². The van der Waals surface area contributed by atoms with Gasteiger partial charge in [-0.3, -0.25) is 0 Å². The molecule has 0 spiro atoms. The van der Waals surface area contributed by atoms with Gasteiger partial charge in [0, 0.05) is 31.7 Å². The van der Waals surface area contributed by atoms with Crippen LogP contribution in [0.1, 0.15) is 26.2 Å². The Morgan fingerprint density at radius 3 is 2.67 bits per heavy atom. The van der Waals surface area contributed by atoms with Crippen LogP contribution in [0.5, 0.6) is 0 Å². The van der Waals surface area contributed by atoms with Crippen molar-refractivity contribution < 1.29 is 4.74 Å². The molecule has 88 valence electrons. The second-order valence-corrected chi connectivity index (χ2v) is 5.66. The van der Waals surface area contributed by atoms with Gasteiger partial charge in [0.2, 0.25) is 0 Å². The number of hydrogen-bond acceptors (Lipinski definition) is 2. The molecule has 2 saturated heterocycles. The fraction of sp³-hybridized carbons (Fsp3) is 1.00. The van der Waals surface area contributed by atoms with Gasteiger partial charge in [-0.2, -0.15) is 0 Å². The van der Waals surface area contributed by atoms with Crippen LogP contribution in [0.25, 0.3) is 0 Å². The second kappa shape index (κ2) is 5.51. The Morgan fingerprint density at radius 1 is 1.27 bits per heavy atom. The number of hydrogen-bond donors (Lipinski definition) is 0. The smallest absolute Gasteiger partial charge is 0.0469 e. The van der Waals surface area contributed by atoms with Crippen molar-refractivity contribution in [1.29, 1.82) is 0 Å². The van der Waals surface area contributed by atoms with Crippen molar-refractivity contribution in [2.24, 2.45) is 11.8 Å². The molecule has 15 heavy (non-hydrogen) atoms. The Labute approximate surface area is 97.9 Å². The third-order valence-electron chi connectivity index (χ3n) is 3.74. The van der Waals surface area contributed by atoms with Crippen molar-refractivity contribution in [1.82, 2.24) is 4.90 Å². The summed E-state index contributed by atoms with van der Waals surface area (Å²) in [5.74, 6) is 1.51. The summed E-state index contributed by atoms with van der Waals surface area (Å²) < 4.78 is 5.39. The molecule has 2 aliphatic rings. The zero-order valence-electron chi connectivity index (χ0n) is 9.62. The number of nitrogens with zero attached hydrogens (tertiary/aromatic N) is 1. The fourth-order valence-electron chi connectivity index (χ4n) is 2.66. The van der Waals surface area contributed by atoms with Gasteiger partial charge in [-0.15, -0.1) is 11.6 Å². The second-order valence-electron chi connectivity index (χ2n) is 5.10. The predicted octanol–water partition coefficient (Wildman–Crippen LogP) is 2.36. The highest BCUT2D eigenvalue weighted by molar-refractivity contribution is 6.20. The highest BCUT2D eigenvalue weighted by Gasteiger charge is 2.26. The largest absolute Gasteiger partial charge is 0.381 e. The lowest BCUT2D eigenvalue weighted by Crippen LogP contribution is -2.42. The number of likely N-dealkylation sites (tertiary alicyclic amines) is 1. The minimum absolute atomic E-state index is 0.399. The molecule has 0 saturated carbocycles. The molecule has 0 bridgehead atoms. The molecule has 2 rings (SSSR count). The minimum Gasteiger partial charge on any atom is -0.381 e. The molecule has 0 aromatic carbocycles. The van der Waals surface area contributed by atoms with Gasteiger partial charge in [-0.25, -0.2) is 0 Å². The molecule has 0 aromatic heterocycles. The maximum absolute atomic E-state index is 6.23. The van der Waals surface area contributed by atoms with Gasteiger partial charge in [-0.05, 0) is 37.6 Å². The Balaban J connectivity index is 1.74. The van der Waals surface area contributed by atoms with E-state index in [1.54, 1.807) is 0 Å². The first-order valence-electron chi connectivity index (χ1n) is 6.20. The van der Waals surface area contributed by atoms with E-state index in [2.05, 4.69) is 11.8 Å². The molecule has 3 heteroatoms. The van der Waals surface area contributed by atoms with Gasteiger partial charge in [-0.1, -0.05) is 6.92 Å². The van der Waals surface area contributed by atoms with Crippen LogP contribution >= 0.6 is 11.6 Å². The first-order valence-corrected chi connectivity index (χ1v) is 6.63. The van der Waals surface area contributed by atoms with Crippen LogP contribution in [0.2, 0.25) is 0 Å². The van der Waals surface area contributed by atoms with Gasteiger partial charge in [0.25, 0.3) is 0 Å². The molecule has 2 heterocycles. The summed E-state index contributed by atoms with van der Waals surface area (Å²) in [6, 6.07) is 0. The monoisotopic (exact) mass is 231 g/mol. The molecule has 2 atom stereocenters. The molecule has 0 N–H and O–H groups in total. The van der Waals surface area contributed by atoms with Crippen LogP contribution in [-0.4, -0.2) is 43.1 Å². The van der Waals surface area contributed by atoms with Crippen molar-refractivity contribution >= 4 is 11.6 Å². The molecular weight excluding hydrogens is 210 g/mol. The summed E-state index contributed by atoms with van der Waals surface area (Å²) in [5.41, 5.74) is 0. The summed E-state index contributed by atoms with van der Waals surface area (Å²) in [6.07, 6.45) is 3.65. The Morgan fingerprint density at radius 2 is 2.00 bits per heavy atom. The van der Waals surface area contributed by atoms with Gasteiger partial charge in [0.05, 0.1) is 0 Å². The molecule has 2 nitrogen and oxygen atoms in total. The number of halogens is 1. The summed E-state index contributed by atoms with van der Waals surface area (Å²) in [5, 5.41) is 0.399. The highest BCUT2D eigenvalue weighted by atomic mass is 35.5. The van der Waals surface area contributed by atoms with Crippen LogP contribution in [0.15, 0.2) is 0 Å². The summed E-state index contributed by atoms with van der Waals surface area (Å²) in [6.45, 7) is 7.84. The zero-order chi connectivity index (χ0) is 10.7. The standard InChI is InChI=1S/C12H22ClNO/c1-10-8-14(5-2-12(10)13)9-11-3-6-15-7-4-11/h10-12H,2-9H2,1H3. The summed E-state index contributed by atoms with van der Waals surface area (Å²) in [7, 11) is 0. The van der Waals surface area contributed by atoms with E-state index in [4.69, 9.17) is 16.3 Å². The van der Waals surface area contributed by atoms with E-state index in [9.17, 15) is 0 Å². The Bertz CT molecular complexity index is 194. The average molecular weight is 232 g/mol. The van der Waals surface area contributed by atoms with Gasteiger partial charge >= 0.3 is 0 Å². The molecule has 2 unspecified atom stereocenters. The number of piperidine rings is 1. The third kappa shape index (κ3) is 3.33. The number of rotatable bonds is 2. The van der Waals surface area contributed by atoms with E-state index in [0.29, 0.717) is 11.3 Å². The molecule has 0 aliphatic carbocycles. The van der Waals surface area contributed by atoms with Gasteiger partial charge in [0.1, 0.15) is 0 Å². The van der Waals surface area contributed by atoms with E-state index in [1.807, 2.05) is 0 Å². The first-order chi connectivity index (χ1) is 7.25. The van der Waals surface area contributed by atoms with Crippen molar-refractivity contribution in [3.8, 4) is 0 Å². The van der Waals surface area contributed by atoms with Crippen LogP contribution in [0.4, 0.5) is 0 Å². The van der Waals surface area contributed by atoms with Crippen molar-refractivity contribution in [2.45, 2.75) is 31.6 Å². The van der Waals surface area contributed by atoms with Crippen LogP contribution in [0.3, 0.4) is 0 Å². The first kappa shape index (κ1) is 11.7.